The van der Waals surface area contributed by atoms with Crippen molar-refractivity contribution in [2.75, 3.05) is 4.90 Å². The van der Waals surface area contributed by atoms with Crippen LogP contribution in [0.1, 0.15) is 25.0 Å². The molecule has 42 heavy (non-hydrogen) atoms. The quantitative estimate of drug-likeness (QED) is 0.222. The highest BCUT2D eigenvalue weighted by Gasteiger charge is 2.37. The van der Waals surface area contributed by atoms with E-state index < -0.39 is 0 Å². The van der Waals surface area contributed by atoms with Gasteiger partial charge in [0, 0.05) is 68.7 Å². The molecule has 200 valence electrons. The van der Waals surface area contributed by atoms with Crippen LogP contribution < -0.4 is 4.90 Å². The molecule has 4 aromatic carbocycles. The molecule has 0 aliphatic heterocycles. The van der Waals surface area contributed by atoms with Crippen LogP contribution in [0.2, 0.25) is 0 Å². The van der Waals surface area contributed by atoms with Gasteiger partial charge in [0.05, 0.1) is 5.69 Å². The van der Waals surface area contributed by atoms with E-state index in [4.69, 9.17) is 8.83 Å². The lowest BCUT2D eigenvalue weighted by Gasteiger charge is -2.29. The number of fused-ring (bicyclic) bond motifs is 9. The van der Waals surface area contributed by atoms with Crippen LogP contribution in [0.3, 0.4) is 0 Å². The number of pyridine rings is 2. The third-order valence-electron chi connectivity index (χ3n) is 8.85. The molecule has 0 amide bonds. The van der Waals surface area contributed by atoms with Crippen LogP contribution in [0.4, 0.5) is 17.1 Å². The second-order valence-corrected chi connectivity index (χ2v) is 11.5. The Kier molecular flexibility index (Phi) is 4.61. The molecular formula is C37H25N3O2. The molecule has 0 saturated heterocycles. The normalized spacial score (nSPS) is 13.7. The lowest BCUT2D eigenvalue weighted by atomic mass is 9.82. The van der Waals surface area contributed by atoms with Crippen LogP contribution in [0.5, 0.6) is 0 Å². The number of anilines is 3. The Morgan fingerprint density at radius 1 is 0.571 bits per heavy atom. The maximum Gasteiger partial charge on any atom is 0.138 e. The van der Waals surface area contributed by atoms with Crippen LogP contribution in [-0.2, 0) is 5.41 Å². The average Bonchev–Trinajstić information content (AvgIpc) is 3.66. The van der Waals surface area contributed by atoms with E-state index in [2.05, 4.69) is 108 Å². The molecule has 5 heteroatoms. The molecule has 0 atom stereocenters. The zero-order valence-electron chi connectivity index (χ0n) is 23.1. The molecule has 0 unspecified atom stereocenters. The van der Waals surface area contributed by atoms with Gasteiger partial charge in [-0.1, -0.05) is 50.2 Å². The zero-order valence-corrected chi connectivity index (χ0v) is 23.1. The zero-order chi connectivity index (χ0) is 28.0. The molecule has 0 bridgehead atoms. The van der Waals surface area contributed by atoms with Gasteiger partial charge in [0.2, 0.25) is 0 Å². The summed E-state index contributed by atoms with van der Waals surface area (Å²) in [5, 5.41) is 4.07. The van der Waals surface area contributed by atoms with Crippen molar-refractivity contribution in [3.8, 4) is 11.1 Å². The Labute approximate surface area is 241 Å². The number of benzene rings is 4. The van der Waals surface area contributed by atoms with Crippen LogP contribution in [0.15, 0.2) is 125 Å². The lowest BCUT2D eigenvalue weighted by Crippen LogP contribution is -2.16. The number of hydrogen-bond acceptors (Lipinski definition) is 5. The predicted octanol–water partition coefficient (Wildman–Crippen LogP) is 10.1. The summed E-state index contributed by atoms with van der Waals surface area (Å²) in [5.74, 6) is 0. The molecule has 0 N–H and O–H groups in total. The van der Waals surface area contributed by atoms with E-state index in [9.17, 15) is 0 Å². The van der Waals surface area contributed by atoms with Gasteiger partial charge in [0.1, 0.15) is 22.3 Å². The molecule has 4 aromatic heterocycles. The van der Waals surface area contributed by atoms with Crippen LogP contribution in [0.25, 0.3) is 55.0 Å². The molecule has 9 rings (SSSR count). The highest BCUT2D eigenvalue weighted by molar-refractivity contribution is 6.08. The fourth-order valence-electron chi connectivity index (χ4n) is 6.84. The molecule has 8 aromatic rings. The van der Waals surface area contributed by atoms with E-state index in [1.165, 1.54) is 22.3 Å². The first kappa shape index (κ1) is 23.3. The Balaban J connectivity index is 1.36. The molecule has 0 saturated carbocycles. The van der Waals surface area contributed by atoms with Gasteiger partial charge in [0.25, 0.3) is 0 Å². The SMILES string of the molecule is CC1(C)c2ccccc2-c2c(N(c3ccc4oc5ccncc5c4c3)c3ccc4oc5ccncc5c4c3)cccc21. The first-order valence-electron chi connectivity index (χ1n) is 14.1. The third kappa shape index (κ3) is 3.13. The predicted molar refractivity (Wildman–Crippen MR) is 169 cm³/mol. The van der Waals surface area contributed by atoms with E-state index >= 15 is 0 Å². The first-order chi connectivity index (χ1) is 20.6. The first-order valence-corrected chi connectivity index (χ1v) is 14.1. The molecule has 1 aliphatic carbocycles. The van der Waals surface area contributed by atoms with Crippen molar-refractivity contribution in [1.82, 2.24) is 9.97 Å². The van der Waals surface area contributed by atoms with Crippen LogP contribution >= 0.6 is 0 Å². The minimum Gasteiger partial charge on any atom is -0.456 e. The molecule has 4 heterocycles. The number of hydrogen-bond donors (Lipinski definition) is 0. The molecule has 0 fully saturated rings. The minimum atomic E-state index is -0.111. The Morgan fingerprint density at radius 3 is 1.79 bits per heavy atom. The fraction of sp³-hybridized carbons (Fsp3) is 0.0811. The van der Waals surface area contributed by atoms with Crippen LogP contribution in [0, 0.1) is 0 Å². The Hall–Kier alpha value is -5.42. The van der Waals surface area contributed by atoms with Crippen molar-refractivity contribution < 1.29 is 8.83 Å². The largest absolute Gasteiger partial charge is 0.456 e. The van der Waals surface area contributed by atoms with E-state index in [1.54, 1.807) is 12.4 Å². The number of furan rings is 2. The average molecular weight is 544 g/mol. The summed E-state index contributed by atoms with van der Waals surface area (Å²) in [6.07, 6.45) is 7.29. The summed E-state index contributed by atoms with van der Waals surface area (Å²) in [5.41, 5.74) is 11.6. The standard InChI is InChI=1S/C37H25N3O2/c1-37(2)29-7-4-3-6-24(29)36-30(37)8-5-9-31(36)40(22-10-12-32-25(18-22)27-20-38-16-14-34(27)41-32)23-11-13-33-26(19-23)28-21-39-17-15-35(28)42-33/h3-21H,1-2H3. The topological polar surface area (TPSA) is 55.3 Å². The van der Waals surface area contributed by atoms with Gasteiger partial charge in [0.15, 0.2) is 0 Å². The Bertz CT molecular complexity index is 2250. The Morgan fingerprint density at radius 2 is 1.14 bits per heavy atom. The summed E-state index contributed by atoms with van der Waals surface area (Å²) >= 11 is 0. The summed E-state index contributed by atoms with van der Waals surface area (Å²) in [7, 11) is 0. The highest BCUT2D eigenvalue weighted by Crippen LogP contribution is 2.54. The van der Waals surface area contributed by atoms with E-state index in [1.807, 2.05) is 24.5 Å². The van der Waals surface area contributed by atoms with Gasteiger partial charge in [-0.05, 0) is 71.3 Å². The maximum atomic E-state index is 6.16. The van der Waals surface area contributed by atoms with Gasteiger partial charge in [-0.2, -0.15) is 0 Å². The van der Waals surface area contributed by atoms with Gasteiger partial charge < -0.3 is 13.7 Å². The molecule has 5 nitrogen and oxygen atoms in total. The molecule has 1 aliphatic rings. The van der Waals surface area contributed by atoms with Crippen molar-refractivity contribution in [2.45, 2.75) is 19.3 Å². The summed E-state index contributed by atoms with van der Waals surface area (Å²) in [6, 6.07) is 32.2. The van der Waals surface area contributed by atoms with Crippen molar-refractivity contribution in [2.24, 2.45) is 0 Å². The molecular weight excluding hydrogens is 518 g/mol. The van der Waals surface area contributed by atoms with Crippen molar-refractivity contribution >= 4 is 60.9 Å². The van der Waals surface area contributed by atoms with Gasteiger partial charge in [-0.15, -0.1) is 0 Å². The van der Waals surface area contributed by atoms with Crippen LogP contribution in [-0.4, -0.2) is 9.97 Å². The summed E-state index contributed by atoms with van der Waals surface area (Å²) in [4.78, 5) is 11.1. The van der Waals surface area contributed by atoms with Gasteiger partial charge >= 0.3 is 0 Å². The summed E-state index contributed by atoms with van der Waals surface area (Å²) < 4.78 is 12.3. The van der Waals surface area contributed by atoms with E-state index in [-0.39, 0.29) is 5.41 Å². The second-order valence-electron chi connectivity index (χ2n) is 11.5. The van der Waals surface area contributed by atoms with E-state index in [0.717, 1.165) is 60.9 Å². The lowest BCUT2D eigenvalue weighted by molar-refractivity contribution is 0.660. The highest BCUT2D eigenvalue weighted by atomic mass is 16.3. The van der Waals surface area contributed by atoms with E-state index in [0.29, 0.717) is 0 Å². The minimum absolute atomic E-state index is 0.111. The smallest absolute Gasteiger partial charge is 0.138 e. The third-order valence-corrected chi connectivity index (χ3v) is 8.85. The molecule has 0 spiro atoms. The van der Waals surface area contributed by atoms with Crippen molar-refractivity contribution in [1.29, 1.82) is 0 Å². The summed E-state index contributed by atoms with van der Waals surface area (Å²) in [6.45, 7) is 4.64. The number of nitrogens with zero attached hydrogens (tertiary/aromatic N) is 3. The maximum absolute atomic E-state index is 6.16. The van der Waals surface area contributed by atoms with Crippen molar-refractivity contribution in [3.05, 3.63) is 127 Å². The van der Waals surface area contributed by atoms with Gasteiger partial charge in [-0.3, -0.25) is 9.97 Å². The molecule has 0 radical (unpaired) electrons. The number of aromatic nitrogens is 2. The second kappa shape index (κ2) is 8.30. The van der Waals surface area contributed by atoms with Crippen molar-refractivity contribution in [3.63, 3.8) is 0 Å². The van der Waals surface area contributed by atoms with Gasteiger partial charge in [-0.25, -0.2) is 0 Å². The number of rotatable bonds is 3. The monoisotopic (exact) mass is 543 g/mol. The fourth-order valence-corrected chi connectivity index (χ4v) is 6.84.